The molecule has 0 unspecified atom stereocenters. The van der Waals surface area contributed by atoms with Crippen LogP contribution in [0.4, 0.5) is 4.39 Å². The lowest BCUT2D eigenvalue weighted by Gasteiger charge is -2.10. The summed E-state index contributed by atoms with van der Waals surface area (Å²) in [6.45, 7) is 3.76. The number of ether oxygens (including phenoxy) is 1. The van der Waals surface area contributed by atoms with Crippen molar-refractivity contribution in [1.29, 1.82) is 0 Å². The predicted octanol–water partition coefficient (Wildman–Crippen LogP) is 5.03. The van der Waals surface area contributed by atoms with E-state index in [2.05, 4.69) is 0 Å². The number of benzene rings is 2. The molecule has 140 valence electrons. The van der Waals surface area contributed by atoms with Crippen LogP contribution in [0.3, 0.4) is 0 Å². The summed E-state index contributed by atoms with van der Waals surface area (Å²) in [4.78, 5) is 25.6. The number of carbonyl (C=O) groups is 1. The number of furan rings is 1. The van der Waals surface area contributed by atoms with Crippen molar-refractivity contribution in [2.75, 3.05) is 0 Å². The van der Waals surface area contributed by atoms with Gasteiger partial charge in [0.15, 0.2) is 5.76 Å². The molecule has 28 heavy (non-hydrogen) atoms. The van der Waals surface area contributed by atoms with Gasteiger partial charge >= 0.3 is 5.97 Å². The maximum atomic E-state index is 13.9. The SMILES string of the molecule is Cc1cc2oc(-c3ccco3)c(OC(=O)c3ccccc3F)c(=O)c2cc1C. The van der Waals surface area contributed by atoms with E-state index in [1.165, 1.54) is 24.5 Å². The number of carbonyl (C=O) groups excluding carboxylic acids is 1. The fourth-order valence-corrected chi connectivity index (χ4v) is 2.87. The Balaban J connectivity index is 1.93. The molecular weight excluding hydrogens is 363 g/mol. The Labute approximate surface area is 159 Å². The standard InChI is InChI=1S/C22H15FO5/c1-12-10-15-18(11-13(12)2)27-20(17-8-5-9-26-17)21(19(15)24)28-22(25)14-6-3-4-7-16(14)23/h3-11H,1-2H3. The summed E-state index contributed by atoms with van der Waals surface area (Å²) in [6.07, 6.45) is 1.41. The van der Waals surface area contributed by atoms with Gasteiger partial charge in [-0.3, -0.25) is 4.79 Å². The zero-order valence-electron chi connectivity index (χ0n) is 15.1. The molecule has 0 bridgehead atoms. The highest BCUT2D eigenvalue weighted by atomic mass is 19.1. The third kappa shape index (κ3) is 2.99. The molecule has 0 spiro atoms. The Morgan fingerprint density at radius 1 is 1.04 bits per heavy atom. The smallest absolute Gasteiger partial charge is 0.346 e. The Hall–Kier alpha value is -3.67. The average molecular weight is 378 g/mol. The van der Waals surface area contributed by atoms with E-state index in [-0.39, 0.29) is 28.2 Å². The van der Waals surface area contributed by atoms with E-state index >= 15 is 0 Å². The molecule has 0 fully saturated rings. The number of hydrogen-bond acceptors (Lipinski definition) is 5. The largest absolute Gasteiger partial charge is 0.461 e. The highest BCUT2D eigenvalue weighted by Crippen LogP contribution is 2.32. The van der Waals surface area contributed by atoms with Crippen LogP contribution >= 0.6 is 0 Å². The first kappa shape index (κ1) is 17.7. The first-order chi connectivity index (χ1) is 13.5. The van der Waals surface area contributed by atoms with Gasteiger partial charge < -0.3 is 13.6 Å². The summed E-state index contributed by atoms with van der Waals surface area (Å²) in [6, 6.07) is 12.0. The van der Waals surface area contributed by atoms with E-state index in [1.54, 1.807) is 24.3 Å². The first-order valence-electron chi connectivity index (χ1n) is 8.54. The highest BCUT2D eigenvalue weighted by molar-refractivity contribution is 5.93. The zero-order valence-corrected chi connectivity index (χ0v) is 15.1. The molecule has 0 saturated heterocycles. The van der Waals surface area contributed by atoms with Gasteiger partial charge in [-0.05, 0) is 61.4 Å². The highest BCUT2D eigenvalue weighted by Gasteiger charge is 2.24. The maximum absolute atomic E-state index is 13.9. The topological polar surface area (TPSA) is 69.7 Å². The molecule has 0 radical (unpaired) electrons. The monoisotopic (exact) mass is 378 g/mol. The number of hydrogen-bond donors (Lipinski definition) is 0. The van der Waals surface area contributed by atoms with E-state index in [9.17, 15) is 14.0 Å². The number of rotatable bonds is 3. The van der Waals surface area contributed by atoms with Crippen LogP contribution in [0.25, 0.3) is 22.5 Å². The summed E-state index contributed by atoms with van der Waals surface area (Å²) >= 11 is 0. The van der Waals surface area contributed by atoms with Gasteiger partial charge in [-0.25, -0.2) is 9.18 Å². The van der Waals surface area contributed by atoms with Gasteiger partial charge in [0.05, 0.1) is 17.2 Å². The predicted molar refractivity (Wildman–Crippen MR) is 101 cm³/mol. The Morgan fingerprint density at radius 3 is 2.50 bits per heavy atom. The number of aryl methyl sites for hydroxylation is 2. The van der Waals surface area contributed by atoms with Crippen molar-refractivity contribution < 1.29 is 22.8 Å². The Morgan fingerprint density at radius 2 is 1.79 bits per heavy atom. The third-order valence-corrected chi connectivity index (χ3v) is 4.50. The zero-order chi connectivity index (χ0) is 19.8. The van der Waals surface area contributed by atoms with Gasteiger partial charge in [0.25, 0.3) is 0 Å². The second-order valence-electron chi connectivity index (χ2n) is 6.37. The minimum Gasteiger partial charge on any atom is -0.461 e. The first-order valence-corrected chi connectivity index (χ1v) is 8.54. The molecule has 6 heteroatoms. The van der Waals surface area contributed by atoms with Crippen molar-refractivity contribution in [2.24, 2.45) is 0 Å². The van der Waals surface area contributed by atoms with E-state index in [4.69, 9.17) is 13.6 Å². The molecule has 2 aromatic heterocycles. The second kappa shape index (κ2) is 6.81. The van der Waals surface area contributed by atoms with E-state index in [1.807, 2.05) is 13.8 Å². The maximum Gasteiger partial charge on any atom is 0.346 e. The molecule has 0 amide bonds. The molecular formula is C22H15FO5. The van der Waals surface area contributed by atoms with E-state index < -0.39 is 17.2 Å². The molecule has 4 rings (SSSR count). The fourth-order valence-electron chi connectivity index (χ4n) is 2.87. The quantitative estimate of drug-likeness (QED) is 0.468. The molecule has 4 aromatic rings. The molecule has 0 aliphatic heterocycles. The lowest BCUT2D eigenvalue weighted by molar-refractivity contribution is 0.0726. The Bertz CT molecular complexity index is 1250. The minimum absolute atomic E-state index is 0.0320. The van der Waals surface area contributed by atoms with Crippen LogP contribution in [0.2, 0.25) is 0 Å². The van der Waals surface area contributed by atoms with E-state index in [0.29, 0.717) is 5.58 Å². The molecule has 0 aliphatic rings. The number of fused-ring (bicyclic) bond motifs is 1. The molecule has 5 nitrogen and oxygen atoms in total. The average Bonchev–Trinajstić information content (AvgIpc) is 3.20. The lowest BCUT2D eigenvalue weighted by Crippen LogP contribution is -2.17. The number of halogens is 1. The molecule has 0 aliphatic carbocycles. The van der Waals surface area contributed by atoms with Crippen molar-refractivity contribution in [1.82, 2.24) is 0 Å². The summed E-state index contributed by atoms with van der Waals surface area (Å²) in [5.41, 5.74) is 1.34. The van der Waals surface area contributed by atoms with Crippen molar-refractivity contribution in [3.05, 3.63) is 87.5 Å². The van der Waals surface area contributed by atoms with Crippen LogP contribution in [0.15, 0.2) is 68.4 Å². The van der Waals surface area contributed by atoms with Gasteiger partial charge in [-0.15, -0.1) is 0 Å². The lowest BCUT2D eigenvalue weighted by atomic mass is 10.1. The van der Waals surface area contributed by atoms with Crippen LogP contribution < -0.4 is 10.2 Å². The van der Waals surface area contributed by atoms with Crippen molar-refractivity contribution in [2.45, 2.75) is 13.8 Å². The fraction of sp³-hybridized carbons (Fsp3) is 0.0909. The normalized spacial score (nSPS) is 11.0. The minimum atomic E-state index is -0.999. The van der Waals surface area contributed by atoms with Gasteiger partial charge in [0, 0.05) is 0 Å². The van der Waals surface area contributed by atoms with Crippen LogP contribution in [-0.4, -0.2) is 5.97 Å². The molecule has 0 N–H and O–H groups in total. The van der Waals surface area contributed by atoms with Crippen molar-refractivity contribution >= 4 is 16.9 Å². The summed E-state index contributed by atoms with van der Waals surface area (Å²) in [7, 11) is 0. The summed E-state index contributed by atoms with van der Waals surface area (Å²) in [5, 5.41) is 0.259. The van der Waals surface area contributed by atoms with Crippen LogP contribution in [-0.2, 0) is 0 Å². The van der Waals surface area contributed by atoms with Crippen LogP contribution in [0, 0.1) is 19.7 Å². The summed E-state index contributed by atoms with van der Waals surface area (Å²) in [5.74, 6) is -1.91. The molecule has 2 aromatic carbocycles. The number of esters is 1. The van der Waals surface area contributed by atoms with Crippen molar-refractivity contribution in [3.63, 3.8) is 0 Å². The van der Waals surface area contributed by atoms with Gasteiger partial charge in [-0.2, -0.15) is 0 Å². The summed E-state index contributed by atoms with van der Waals surface area (Å²) < 4.78 is 30.4. The van der Waals surface area contributed by atoms with Gasteiger partial charge in [0.2, 0.25) is 16.9 Å². The van der Waals surface area contributed by atoms with Crippen molar-refractivity contribution in [3.8, 4) is 17.3 Å². The van der Waals surface area contributed by atoms with Crippen LogP contribution in [0.1, 0.15) is 21.5 Å². The molecule has 2 heterocycles. The molecule has 0 atom stereocenters. The molecule has 0 saturated carbocycles. The Kier molecular flexibility index (Phi) is 4.31. The second-order valence-corrected chi connectivity index (χ2v) is 6.37. The third-order valence-electron chi connectivity index (χ3n) is 4.50. The van der Waals surface area contributed by atoms with Gasteiger partial charge in [0.1, 0.15) is 11.4 Å². The van der Waals surface area contributed by atoms with E-state index in [0.717, 1.165) is 17.2 Å². The van der Waals surface area contributed by atoms with Crippen LogP contribution in [0.5, 0.6) is 5.75 Å². The van der Waals surface area contributed by atoms with Gasteiger partial charge in [-0.1, -0.05) is 12.1 Å².